The van der Waals surface area contributed by atoms with E-state index in [1.165, 1.54) is 20.0 Å². The number of rotatable bonds is 3. The van der Waals surface area contributed by atoms with Crippen LogP contribution in [0.3, 0.4) is 0 Å². The largest absolute Gasteiger partial charge is 0.466 e. The summed E-state index contributed by atoms with van der Waals surface area (Å²) in [6, 6.07) is 0. The third kappa shape index (κ3) is 2.91. The van der Waals surface area contributed by atoms with Gasteiger partial charge in [0.05, 0.1) is 7.11 Å². The molecule has 98 valence electrons. The van der Waals surface area contributed by atoms with Crippen LogP contribution in [0.4, 0.5) is 0 Å². The molecule has 0 N–H and O–H groups in total. The van der Waals surface area contributed by atoms with E-state index >= 15 is 0 Å². The smallest absolute Gasteiger partial charge is 0.333 e. The zero-order valence-electron chi connectivity index (χ0n) is 11.9. The van der Waals surface area contributed by atoms with Gasteiger partial charge in [-0.3, -0.25) is 0 Å². The molecule has 0 aromatic rings. The summed E-state index contributed by atoms with van der Waals surface area (Å²) < 4.78 is 4.94. The van der Waals surface area contributed by atoms with Crippen LogP contribution in [-0.4, -0.2) is 13.1 Å². The molecule has 1 unspecified atom stereocenters. The van der Waals surface area contributed by atoms with Crippen molar-refractivity contribution in [1.29, 1.82) is 0 Å². The molecule has 1 atom stereocenters. The Morgan fingerprint density at radius 1 is 1.35 bits per heavy atom. The fourth-order valence-electron chi connectivity index (χ4n) is 3.47. The SMILES string of the molecule is C/C=C(\C(=O)OC)C1(CC)CCCC(C)(C)C1. The lowest BCUT2D eigenvalue weighted by atomic mass is 9.59. The first-order chi connectivity index (χ1) is 7.90. The Balaban J connectivity index is 3.06. The molecule has 1 rings (SSSR count). The van der Waals surface area contributed by atoms with Crippen LogP contribution in [-0.2, 0) is 9.53 Å². The highest BCUT2D eigenvalue weighted by Crippen LogP contribution is 2.52. The molecule has 2 heteroatoms. The maximum atomic E-state index is 11.9. The predicted molar refractivity (Wildman–Crippen MR) is 70.7 cm³/mol. The molecule has 0 saturated heterocycles. The summed E-state index contributed by atoms with van der Waals surface area (Å²) >= 11 is 0. The van der Waals surface area contributed by atoms with E-state index in [2.05, 4.69) is 20.8 Å². The molecular formula is C15H26O2. The first kappa shape index (κ1) is 14.3. The minimum atomic E-state index is -0.146. The number of methoxy groups -OCH3 is 1. The van der Waals surface area contributed by atoms with Crippen LogP contribution < -0.4 is 0 Å². The van der Waals surface area contributed by atoms with E-state index in [1.807, 2.05) is 13.0 Å². The number of hydrogen-bond donors (Lipinski definition) is 0. The van der Waals surface area contributed by atoms with Crippen LogP contribution in [0.5, 0.6) is 0 Å². The summed E-state index contributed by atoms with van der Waals surface area (Å²) in [5.74, 6) is -0.146. The molecule has 2 nitrogen and oxygen atoms in total. The monoisotopic (exact) mass is 238 g/mol. The number of hydrogen-bond acceptors (Lipinski definition) is 2. The van der Waals surface area contributed by atoms with Crippen LogP contribution in [0.25, 0.3) is 0 Å². The summed E-state index contributed by atoms with van der Waals surface area (Å²) in [5, 5.41) is 0. The molecule has 0 aromatic heterocycles. The van der Waals surface area contributed by atoms with Crippen molar-refractivity contribution >= 4 is 5.97 Å². The van der Waals surface area contributed by atoms with Crippen molar-refractivity contribution in [2.24, 2.45) is 10.8 Å². The van der Waals surface area contributed by atoms with Crippen LogP contribution in [0.15, 0.2) is 11.6 Å². The highest BCUT2D eigenvalue weighted by Gasteiger charge is 2.43. The molecular weight excluding hydrogens is 212 g/mol. The normalized spacial score (nSPS) is 28.9. The average Bonchev–Trinajstić information content (AvgIpc) is 2.28. The summed E-state index contributed by atoms with van der Waals surface area (Å²) in [7, 11) is 1.48. The number of allylic oxidation sites excluding steroid dienone is 1. The minimum absolute atomic E-state index is 0.0313. The summed E-state index contributed by atoms with van der Waals surface area (Å²) in [6.07, 6.45) is 7.64. The first-order valence-electron chi connectivity index (χ1n) is 6.66. The molecule has 1 aliphatic rings. The van der Waals surface area contributed by atoms with E-state index in [9.17, 15) is 4.79 Å². The quantitative estimate of drug-likeness (QED) is 0.546. The Kier molecular flexibility index (Phi) is 4.40. The Labute approximate surface area is 105 Å². The van der Waals surface area contributed by atoms with Gasteiger partial charge in [0.15, 0.2) is 0 Å². The molecule has 0 spiro atoms. The van der Waals surface area contributed by atoms with Gasteiger partial charge < -0.3 is 4.74 Å². The zero-order valence-corrected chi connectivity index (χ0v) is 11.9. The van der Waals surface area contributed by atoms with Crippen molar-refractivity contribution in [1.82, 2.24) is 0 Å². The lowest BCUT2D eigenvalue weighted by Crippen LogP contribution is -2.37. The molecule has 0 amide bonds. The van der Waals surface area contributed by atoms with Crippen LogP contribution in [0.1, 0.15) is 59.8 Å². The summed E-state index contributed by atoms with van der Waals surface area (Å²) in [5.41, 5.74) is 1.25. The fraction of sp³-hybridized carbons (Fsp3) is 0.800. The van der Waals surface area contributed by atoms with Crippen molar-refractivity contribution in [2.75, 3.05) is 7.11 Å². The standard InChI is InChI=1S/C15H26O2/c1-6-12(13(16)17-5)15(7-2)10-8-9-14(3,4)11-15/h6H,7-11H2,1-5H3/b12-6+. The third-order valence-corrected chi connectivity index (χ3v) is 4.27. The van der Waals surface area contributed by atoms with Crippen molar-refractivity contribution in [3.63, 3.8) is 0 Å². The molecule has 0 aromatic carbocycles. The summed E-state index contributed by atoms with van der Waals surface area (Å²) in [4.78, 5) is 11.9. The molecule has 0 aliphatic heterocycles. The van der Waals surface area contributed by atoms with Gasteiger partial charge in [-0.15, -0.1) is 0 Å². The van der Waals surface area contributed by atoms with Crippen molar-refractivity contribution < 1.29 is 9.53 Å². The Bertz CT molecular complexity index is 315. The lowest BCUT2D eigenvalue weighted by Gasteiger charge is -2.45. The Hall–Kier alpha value is -0.790. The van der Waals surface area contributed by atoms with Crippen molar-refractivity contribution in [2.45, 2.75) is 59.8 Å². The molecule has 0 radical (unpaired) electrons. The second kappa shape index (κ2) is 5.24. The van der Waals surface area contributed by atoms with Gasteiger partial charge in [0.1, 0.15) is 0 Å². The maximum Gasteiger partial charge on any atom is 0.333 e. The lowest BCUT2D eigenvalue weighted by molar-refractivity contribution is -0.138. The fourth-order valence-corrected chi connectivity index (χ4v) is 3.47. The predicted octanol–water partition coefficient (Wildman–Crippen LogP) is 4.10. The maximum absolute atomic E-state index is 11.9. The zero-order chi connectivity index (χ0) is 13.1. The molecule has 1 fully saturated rings. The molecule has 1 saturated carbocycles. The van der Waals surface area contributed by atoms with E-state index in [-0.39, 0.29) is 11.4 Å². The topological polar surface area (TPSA) is 26.3 Å². The van der Waals surface area contributed by atoms with Gasteiger partial charge in [0, 0.05) is 11.0 Å². The third-order valence-electron chi connectivity index (χ3n) is 4.27. The van der Waals surface area contributed by atoms with E-state index in [4.69, 9.17) is 4.74 Å². The van der Waals surface area contributed by atoms with Crippen molar-refractivity contribution in [3.8, 4) is 0 Å². The number of ether oxygens (including phenoxy) is 1. The van der Waals surface area contributed by atoms with Gasteiger partial charge in [0.25, 0.3) is 0 Å². The second-order valence-corrected chi connectivity index (χ2v) is 6.02. The second-order valence-electron chi connectivity index (χ2n) is 6.02. The minimum Gasteiger partial charge on any atom is -0.466 e. The summed E-state index contributed by atoms with van der Waals surface area (Å²) in [6.45, 7) is 8.75. The van der Waals surface area contributed by atoms with Crippen LogP contribution >= 0.6 is 0 Å². The Morgan fingerprint density at radius 3 is 2.41 bits per heavy atom. The highest BCUT2D eigenvalue weighted by atomic mass is 16.5. The molecule has 1 aliphatic carbocycles. The number of carbonyl (C=O) groups is 1. The Morgan fingerprint density at radius 2 is 2.00 bits per heavy atom. The first-order valence-corrected chi connectivity index (χ1v) is 6.66. The van der Waals surface area contributed by atoms with Gasteiger partial charge in [-0.1, -0.05) is 33.3 Å². The number of esters is 1. The van der Waals surface area contributed by atoms with Crippen LogP contribution in [0, 0.1) is 10.8 Å². The molecule has 0 bridgehead atoms. The van der Waals surface area contributed by atoms with Gasteiger partial charge >= 0.3 is 5.97 Å². The van der Waals surface area contributed by atoms with Crippen LogP contribution in [0.2, 0.25) is 0 Å². The molecule has 0 heterocycles. The molecule has 17 heavy (non-hydrogen) atoms. The van der Waals surface area contributed by atoms with Gasteiger partial charge in [-0.2, -0.15) is 0 Å². The van der Waals surface area contributed by atoms with Crippen molar-refractivity contribution in [3.05, 3.63) is 11.6 Å². The van der Waals surface area contributed by atoms with E-state index < -0.39 is 0 Å². The highest BCUT2D eigenvalue weighted by molar-refractivity contribution is 5.89. The van der Waals surface area contributed by atoms with E-state index in [1.54, 1.807) is 0 Å². The van der Waals surface area contributed by atoms with Gasteiger partial charge in [-0.05, 0) is 38.0 Å². The van der Waals surface area contributed by atoms with Gasteiger partial charge in [-0.25, -0.2) is 4.79 Å². The van der Waals surface area contributed by atoms with E-state index in [0.29, 0.717) is 5.41 Å². The van der Waals surface area contributed by atoms with E-state index in [0.717, 1.165) is 24.8 Å². The number of carbonyl (C=O) groups excluding carboxylic acids is 1. The van der Waals surface area contributed by atoms with Gasteiger partial charge in [0.2, 0.25) is 0 Å². The average molecular weight is 238 g/mol.